The summed E-state index contributed by atoms with van der Waals surface area (Å²) < 4.78 is 1.70. The summed E-state index contributed by atoms with van der Waals surface area (Å²) in [6, 6.07) is 9.66. The van der Waals surface area contributed by atoms with Crippen molar-refractivity contribution >= 4 is 39.2 Å². The lowest BCUT2D eigenvalue weighted by molar-refractivity contribution is -0.129. The van der Waals surface area contributed by atoms with E-state index in [-0.39, 0.29) is 11.5 Å². The van der Waals surface area contributed by atoms with Gasteiger partial charge in [0.05, 0.1) is 16.8 Å². The summed E-state index contributed by atoms with van der Waals surface area (Å²) in [4.78, 5) is 37.8. The van der Waals surface area contributed by atoms with Gasteiger partial charge in [0.15, 0.2) is 5.16 Å². The molecule has 2 aliphatic heterocycles. The lowest BCUT2D eigenvalue weighted by Crippen LogP contribution is -2.39. The van der Waals surface area contributed by atoms with Gasteiger partial charge in [-0.15, -0.1) is 11.3 Å². The summed E-state index contributed by atoms with van der Waals surface area (Å²) in [6.45, 7) is 5.69. The summed E-state index contributed by atoms with van der Waals surface area (Å²) in [5.41, 5.74) is 1.92. The maximum atomic E-state index is 13.8. The second-order valence-corrected chi connectivity index (χ2v) is 10.9. The van der Waals surface area contributed by atoms with Crippen LogP contribution < -0.4 is 5.56 Å². The average molecular weight is 469 g/mol. The molecule has 32 heavy (non-hydrogen) atoms. The minimum absolute atomic E-state index is 0.0231. The molecule has 0 aliphatic carbocycles. The Kier molecular flexibility index (Phi) is 6.09. The molecule has 168 valence electrons. The second kappa shape index (κ2) is 9.00. The molecule has 5 rings (SSSR count). The van der Waals surface area contributed by atoms with Crippen LogP contribution >= 0.6 is 23.1 Å². The molecular formula is C24H28N4O2S2. The zero-order chi connectivity index (χ0) is 22.2. The molecule has 4 heterocycles. The van der Waals surface area contributed by atoms with Gasteiger partial charge in [0, 0.05) is 31.1 Å². The van der Waals surface area contributed by atoms with E-state index < -0.39 is 0 Å². The number of piperidine rings is 1. The van der Waals surface area contributed by atoms with Crippen LogP contribution in [0.3, 0.4) is 0 Å². The molecule has 1 saturated heterocycles. The molecule has 0 radical (unpaired) electrons. The molecule has 8 heteroatoms. The van der Waals surface area contributed by atoms with E-state index in [4.69, 9.17) is 4.98 Å². The number of amides is 1. The highest BCUT2D eigenvalue weighted by Gasteiger charge is 2.26. The third-order valence-corrected chi connectivity index (χ3v) is 8.54. The van der Waals surface area contributed by atoms with Gasteiger partial charge in [-0.05, 0) is 49.9 Å². The van der Waals surface area contributed by atoms with Gasteiger partial charge in [-0.3, -0.25) is 14.2 Å². The van der Waals surface area contributed by atoms with Gasteiger partial charge in [0.1, 0.15) is 4.83 Å². The predicted octanol–water partition coefficient (Wildman–Crippen LogP) is 3.79. The fourth-order valence-electron chi connectivity index (χ4n) is 4.53. The van der Waals surface area contributed by atoms with Gasteiger partial charge in [-0.2, -0.15) is 0 Å². The first-order valence-corrected chi connectivity index (χ1v) is 13.0. The summed E-state index contributed by atoms with van der Waals surface area (Å²) >= 11 is 3.00. The summed E-state index contributed by atoms with van der Waals surface area (Å²) in [5.74, 6) is 1.11. The summed E-state index contributed by atoms with van der Waals surface area (Å²) in [5, 5.41) is 1.35. The highest BCUT2D eigenvalue weighted by atomic mass is 32.2. The number of hydrogen-bond acceptors (Lipinski definition) is 6. The van der Waals surface area contributed by atoms with Crippen LogP contribution in [-0.4, -0.2) is 57.7 Å². The smallest absolute Gasteiger partial charge is 0.267 e. The second-order valence-electron chi connectivity index (χ2n) is 8.89. The van der Waals surface area contributed by atoms with Crippen molar-refractivity contribution in [1.29, 1.82) is 0 Å². The Hall–Kier alpha value is -2.16. The van der Waals surface area contributed by atoms with Gasteiger partial charge < -0.3 is 9.80 Å². The molecule has 0 saturated carbocycles. The van der Waals surface area contributed by atoms with Gasteiger partial charge in [-0.1, -0.05) is 36.9 Å². The number of para-hydroxylation sites is 1. The zero-order valence-corrected chi connectivity index (χ0v) is 20.2. The number of rotatable bonds is 4. The molecule has 6 nitrogen and oxygen atoms in total. The van der Waals surface area contributed by atoms with E-state index in [0.717, 1.165) is 66.9 Å². The molecule has 2 aromatic heterocycles. The van der Waals surface area contributed by atoms with E-state index in [1.165, 1.54) is 16.6 Å². The first-order valence-electron chi connectivity index (χ1n) is 11.2. The Morgan fingerprint density at radius 1 is 1.19 bits per heavy atom. The van der Waals surface area contributed by atoms with Crippen molar-refractivity contribution in [2.24, 2.45) is 5.92 Å². The number of nitrogens with zero attached hydrogens (tertiary/aromatic N) is 4. The Labute approximate surface area is 196 Å². The molecule has 1 fully saturated rings. The number of fused-ring (bicyclic) bond motifs is 3. The van der Waals surface area contributed by atoms with Crippen molar-refractivity contribution in [1.82, 2.24) is 19.4 Å². The normalized spacial score (nSPS) is 17.6. The molecule has 0 atom stereocenters. The van der Waals surface area contributed by atoms with E-state index in [1.807, 2.05) is 35.2 Å². The van der Waals surface area contributed by atoms with Crippen LogP contribution in [0.5, 0.6) is 0 Å². The van der Waals surface area contributed by atoms with Crippen LogP contribution in [0.25, 0.3) is 15.9 Å². The molecule has 1 aromatic carbocycles. The molecule has 0 bridgehead atoms. The fourth-order valence-corrected chi connectivity index (χ4v) is 6.79. The average Bonchev–Trinajstić information content (AvgIpc) is 3.16. The summed E-state index contributed by atoms with van der Waals surface area (Å²) in [6.07, 6.45) is 2.99. The SMILES string of the molecule is CC1CCN(C(=O)CSc2nc3sc4c(c3c(=O)n2-c2ccccc2)CCN(C)C4)CC1. The Morgan fingerprint density at radius 2 is 1.94 bits per heavy atom. The maximum absolute atomic E-state index is 13.8. The quantitative estimate of drug-likeness (QED) is 0.431. The lowest BCUT2D eigenvalue weighted by atomic mass is 9.99. The standard InChI is InChI=1S/C24H28N4O2S2/c1-16-8-12-27(13-9-16)20(29)15-31-24-25-22-21(18-10-11-26(2)14-19(18)32-22)23(30)28(24)17-6-4-3-5-7-17/h3-7,16H,8-15H2,1-2H3. The number of hydrogen-bond donors (Lipinski definition) is 0. The zero-order valence-electron chi connectivity index (χ0n) is 18.5. The Morgan fingerprint density at radius 3 is 2.69 bits per heavy atom. The van der Waals surface area contributed by atoms with Crippen LogP contribution in [0.2, 0.25) is 0 Å². The number of likely N-dealkylation sites (tertiary alicyclic amines) is 1. The minimum Gasteiger partial charge on any atom is -0.342 e. The lowest BCUT2D eigenvalue weighted by Gasteiger charge is -2.30. The highest BCUT2D eigenvalue weighted by molar-refractivity contribution is 7.99. The van der Waals surface area contributed by atoms with E-state index >= 15 is 0 Å². The van der Waals surface area contributed by atoms with Crippen LogP contribution in [0.15, 0.2) is 40.3 Å². The minimum atomic E-state index is -0.0231. The molecule has 0 unspecified atom stereocenters. The van der Waals surface area contributed by atoms with Gasteiger partial charge in [0.25, 0.3) is 5.56 Å². The van der Waals surface area contributed by atoms with Crippen molar-refractivity contribution in [2.45, 2.75) is 37.9 Å². The maximum Gasteiger partial charge on any atom is 0.267 e. The third-order valence-electron chi connectivity index (χ3n) is 6.51. The fraction of sp³-hybridized carbons (Fsp3) is 0.458. The Bertz CT molecular complexity index is 1200. The van der Waals surface area contributed by atoms with Gasteiger partial charge >= 0.3 is 0 Å². The first-order chi connectivity index (χ1) is 15.5. The number of thiophene rings is 1. The summed E-state index contributed by atoms with van der Waals surface area (Å²) in [7, 11) is 2.11. The number of carbonyl (C=O) groups is 1. The number of thioether (sulfide) groups is 1. The molecule has 1 amide bonds. The molecular weight excluding hydrogens is 440 g/mol. The number of likely N-dealkylation sites (N-methyl/N-ethyl adjacent to an activating group) is 1. The molecule has 0 spiro atoms. The largest absolute Gasteiger partial charge is 0.342 e. The third kappa shape index (κ3) is 4.11. The van der Waals surface area contributed by atoms with E-state index in [9.17, 15) is 9.59 Å². The topological polar surface area (TPSA) is 58.4 Å². The molecule has 0 N–H and O–H groups in total. The predicted molar refractivity (Wildman–Crippen MR) is 131 cm³/mol. The van der Waals surface area contributed by atoms with Gasteiger partial charge in [0.2, 0.25) is 5.91 Å². The first kappa shape index (κ1) is 21.7. The van der Waals surface area contributed by atoms with E-state index in [1.54, 1.807) is 15.9 Å². The number of benzene rings is 1. The van der Waals surface area contributed by atoms with Gasteiger partial charge in [-0.25, -0.2) is 4.98 Å². The highest BCUT2D eigenvalue weighted by Crippen LogP contribution is 2.34. The number of carbonyl (C=O) groups excluding carboxylic acids is 1. The van der Waals surface area contributed by atoms with Crippen molar-refractivity contribution in [3.63, 3.8) is 0 Å². The van der Waals surface area contributed by atoms with Crippen molar-refractivity contribution in [3.05, 3.63) is 51.1 Å². The monoisotopic (exact) mass is 468 g/mol. The van der Waals surface area contributed by atoms with Crippen LogP contribution in [0.1, 0.15) is 30.2 Å². The molecule has 3 aromatic rings. The molecule has 2 aliphatic rings. The Balaban J connectivity index is 1.52. The van der Waals surface area contributed by atoms with Crippen molar-refractivity contribution in [3.8, 4) is 5.69 Å². The van der Waals surface area contributed by atoms with Crippen LogP contribution in [-0.2, 0) is 17.8 Å². The number of aromatic nitrogens is 2. The van der Waals surface area contributed by atoms with Crippen molar-refractivity contribution < 1.29 is 4.79 Å². The van der Waals surface area contributed by atoms with Crippen LogP contribution in [0.4, 0.5) is 0 Å². The van der Waals surface area contributed by atoms with E-state index in [0.29, 0.717) is 16.8 Å². The van der Waals surface area contributed by atoms with Crippen molar-refractivity contribution in [2.75, 3.05) is 32.4 Å². The van der Waals surface area contributed by atoms with Crippen LogP contribution in [0, 0.1) is 5.92 Å². The van der Waals surface area contributed by atoms with E-state index in [2.05, 4.69) is 18.9 Å².